The zero-order chi connectivity index (χ0) is 12.5. The smallest absolute Gasteiger partial charge is 0.307 e. The van der Waals surface area contributed by atoms with Crippen LogP contribution in [0, 0.1) is 17.3 Å². The van der Waals surface area contributed by atoms with E-state index < -0.39 is 28.2 Å². The number of carbonyl (C=O) groups is 2. The van der Waals surface area contributed by atoms with Crippen LogP contribution in [0.4, 0.5) is 4.39 Å². The molecule has 1 aliphatic carbocycles. The summed E-state index contributed by atoms with van der Waals surface area (Å²) in [6.07, 6.45) is 1.16. The second-order valence-electron chi connectivity index (χ2n) is 4.40. The minimum Gasteiger partial charge on any atom is -0.481 e. The number of rotatable bonds is 4. The Kier molecular flexibility index (Phi) is 3.78. The third kappa shape index (κ3) is 2.45. The lowest BCUT2D eigenvalue weighted by molar-refractivity contribution is -0.139. The Bertz CT molecular complexity index is 349. The highest BCUT2D eigenvalue weighted by Gasteiger charge is 2.61. The average Bonchev–Trinajstić information content (AvgIpc) is 2.68. The zero-order valence-electron chi connectivity index (χ0n) is 9.49. The molecule has 0 radical (unpaired) electrons. The summed E-state index contributed by atoms with van der Waals surface area (Å²) in [6, 6.07) is 0. The van der Waals surface area contributed by atoms with Crippen LogP contribution < -0.4 is 0 Å². The average molecular weight is 246 g/mol. The number of allylic oxidation sites excluding steroid dienone is 1. The number of halogens is 1. The first-order chi connectivity index (χ1) is 7.32. The van der Waals surface area contributed by atoms with Crippen molar-refractivity contribution < 1.29 is 19.1 Å². The van der Waals surface area contributed by atoms with Crippen LogP contribution in [0.5, 0.6) is 0 Å². The molecular formula is C11H15FO3S. The third-order valence-corrected chi connectivity index (χ3v) is 3.72. The van der Waals surface area contributed by atoms with Crippen molar-refractivity contribution in [2.24, 2.45) is 17.3 Å². The maximum absolute atomic E-state index is 13.4. The molecule has 5 heteroatoms. The first-order valence-electron chi connectivity index (χ1n) is 5.09. The summed E-state index contributed by atoms with van der Waals surface area (Å²) in [7, 11) is 0. The van der Waals surface area contributed by atoms with Crippen LogP contribution in [0.25, 0.3) is 0 Å². The van der Waals surface area contributed by atoms with Gasteiger partial charge in [0.15, 0.2) is 5.83 Å². The second-order valence-corrected chi connectivity index (χ2v) is 5.63. The van der Waals surface area contributed by atoms with Gasteiger partial charge in [0, 0.05) is 0 Å². The minimum absolute atomic E-state index is 0.383. The standard InChI is InChI=1S/C11H15FO3S/c1-4-16-10(15)7(12)5-6-8(9(13)14)11(6,2)3/h5-6,8H,4H2,1-3H3,(H,13,14). The van der Waals surface area contributed by atoms with Crippen molar-refractivity contribution in [1.82, 2.24) is 0 Å². The van der Waals surface area contributed by atoms with E-state index in [0.29, 0.717) is 5.75 Å². The molecule has 16 heavy (non-hydrogen) atoms. The maximum Gasteiger partial charge on any atom is 0.307 e. The van der Waals surface area contributed by atoms with E-state index in [0.717, 1.165) is 17.8 Å². The lowest BCUT2D eigenvalue weighted by atomic mass is 10.1. The van der Waals surface area contributed by atoms with Gasteiger partial charge in [0.25, 0.3) is 0 Å². The number of carboxylic acid groups (broad SMARTS) is 1. The number of hydrogen-bond donors (Lipinski definition) is 1. The Labute approximate surface area is 98.1 Å². The number of aliphatic carboxylic acids is 1. The van der Waals surface area contributed by atoms with Crippen molar-refractivity contribution in [3.63, 3.8) is 0 Å². The molecule has 1 saturated carbocycles. The van der Waals surface area contributed by atoms with Crippen molar-refractivity contribution >= 4 is 22.8 Å². The van der Waals surface area contributed by atoms with E-state index in [9.17, 15) is 14.0 Å². The Hall–Kier alpha value is -0.840. The molecule has 0 spiro atoms. The largest absolute Gasteiger partial charge is 0.481 e. The predicted octanol–water partition coefficient (Wildman–Crippen LogP) is 2.48. The Balaban J connectivity index is 2.72. The highest BCUT2D eigenvalue weighted by Crippen LogP contribution is 2.59. The maximum atomic E-state index is 13.4. The molecule has 0 aliphatic heterocycles. The summed E-state index contributed by atoms with van der Waals surface area (Å²) in [4.78, 5) is 22.0. The molecule has 1 rings (SSSR count). The van der Waals surface area contributed by atoms with Gasteiger partial charge in [-0.3, -0.25) is 9.59 Å². The number of carboxylic acids is 1. The highest BCUT2D eigenvalue weighted by molar-refractivity contribution is 8.14. The van der Waals surface area contributed by atoms with Crippen LogP contribution in [-0.4, -0.2) is 21.9 Å². The lowest BCUT2D eigenvalue weighted by Gasteiger charge is -1.97. The van der Waals surface area contributed by atoms with E-state index in [1.807, 2.05) is 0 Å². The molecule has 1 fully saturated rings. The van der Waals surface area contributed by atoms with Crippen molar-refractivity contribution in [2.45, 2.75) is 20.8 Å². The summed E-state index contributed by atoms with van der Waals surface area (Å²) in [6.45, 7) is 5.28. The molecule has 0 aromatic rings. The fraction of sp³-hybridized carbons (Fsp3) is 0.636. The predicted molar refractivity (Wildman–Crippen MR) is 60.7 cm³/mol. The summed E-state index contributed by atoms with van der Waals surface area (Å²) in [5, 5.41) is 8.26. The van der Waals surface area contributed by atoms with E-state index in [1.54, 1.807) is 20.8 Å². The lowest BCUT2D eigenvalue weighted by Crippen LogP contribution is -2.03. The Morgan fingerprint density at radius 3 is 2.44 bits per heavy atom. The van der Waals surface area contributed by atoms with Crippen molar-refractivity contribution in [3.05, 3.63) is 11.9 Å². The Morgan fingerprint density at radius 1 is 1.50 bits per heavy atom. The van der Waals surface area contributed by atoms with Crippen LogP contribution in [0.1, 0.15) is 20.8 Å². The molecule has 90 valence electrons. The van der Waals surface area contributed by atoms with Gasteiger partial charge >= 0.3 is 5.97 Å². The van der Waals surface area contributed by atoms with Crippen LogP contribution >= 0.6 is 11.8 Å². The van der Waals surface area contributed by atoms with Crippen molar-refractivity contribution in [1.29, 1.82) is 0 Å². The van der Waals surface area contributed by atoms with E-state index in [-0.39, 0.29) is 5.92 Å². The number of hydrogen-bond acceptors (Lipinski definition) is 3. The molecule has 1 aliphatic rings. The molecule has 2 atom stereocenters. The van der Waals surface area contributed by atoms with Crippen LogP contribution in [-0.2, 0) is 9.59 Å². The van der Waals surface area contributed by atoms with Gasteiger partial charge in [-0.05, 0) is 23.2 Å². The summed E-state index contributed by atoms with van der Waals surface area (Å²) in [5.74, 6) is -2.22. The monoisotopic (exact) mass is 246 g/mol. The SMILES string of the molecule is CCSC(=O)C(F)=CC1C(C(=O)O)C1(C)C. The van der Waals surface area contributed by atoms with Gasteiger partial charge in [-0.15, -0.1) is 0 Å². The number of carbonyl (C=O) groups excluding carboxylic acids is 1. The van der Waals surface area contributed by atoms with Crippen LogP contribution in [0.15, 0.2) is 11.9 Å². The van der Waals surface area contributed by atoms with Crippen LogP contribution in [0.2, 0.25) is 0 Å². The highest BCUT2D eigenvalue weighted by atomic mass is 32.2. The Morgan fingerprint density at radius 2 is 2.06 bits per heavy atom. The molecule has 0 bridgehead atoms. The second kappa shape index (κ2) is 4.57. The fourth-order valence-corrected chi connectivity index (χ4v) is 2.35. The van der Waals surface area contributed by atoms with Crippen LogP contribution in [0.3, 0.4) is 0 Å². The molecule has 0 amide bonds. The molecule has 3 nitrogen and oxygen atoms in total. The summed E-state index contributed by atoms with van der Waals surface area (Å²) < 4.78 is 13.4. The van der Waals surface area contributed by atoms with Gasteiger partial charge in [-0.25, -0.2) is 4.39 Å². The molecule has 2 unspecified atom stereocenters. The van der Waals surface area contributed by atoms with Crippen molar-refractivity contribution in [2.75, 3.05) is 5.75 Å². The molecule has 1 N–H and O–H groups in total. The van der Waals surface area contributed by atoms with E-state index in [1.165, 1.54) is 0 Å². The van der Waals surface area contributed by atoms with Crippen molar-refractivity contribution in [3.8, 4) is 0 Å². The quantitative estimate of drug-likeness (QED) is 0.774. The van der Waals surface area contributed by atoms with E-state index in [4.69, 9.17) is 5.11 Å². The van der Waals surface area contributed by atoms with Gasteiger partial charge < -0.3 is 5.11 Å². The van der Waals surface area contributed by atoms with Gasteiger partial charge in [-0.2, -0.15) is 0 Å². The van der Waals surface area contributed by atoms with Gasteiger partial charge in [-0.1, -0.05) is 32.5 Å². The summed E-state index contributed by atoms with van der Waals surface area (Å²) in [5.41, 5.74) is -0.458. The molecule has 0 saturated heterocycles. The van der Waals surface area contributed by atoms with Gasteiger partial charge in [0.2, 0.25) is 5.12 Å². The molecule has 0 aromatic carbocycles. The fourth-order valence-electron chi connectivity index (χ4n) is 1.89. The van der Waals surface area contributed by atoms with Gasteiger partial charge in [0.05, 0.1) is 5.92 Å². The van der Waals surface area contributed by atoms with E-state index >= 15 is 0 Å². The first kappa shape index (κ1) is 13.2. The zero-order valence-corrected chi connectivity index (χ0v) is 10.3. The first-order valence-corrected chi connectivity index (χ1v) is 6.08. The van der Waals surface area contributed by atoms with E-state index in [2.05, 4.69) is 0 Å². The number of thioether (sulfide) groups is 1. The molecular weight excluding hydrogens is 231 g/mol. The molecule has 0 aromatic heterocycles. The van der Waals surface area contributed by atoms with Gasteiger partial charge in [0.1, 0.15) is 0 Å². The topological polar surface area (TPSA) is 54.4 Å². The minimum atomic E-state index is -0.936. The third-order valence-electron chi connectivity index (χ3n) is 2.97. The summed E-state index contributed by atoms with van der Waals surface area (Å²) >= 11 is 0.889. The normalized spacial score (nSPS) is 27.6. The molecule has 0 heterocycles.